The Kier molecular flexibility index (Phi) is 3.76. The summed E-state index contributed by atoms with van der Waals surface area (Å²) >= 11 is 6.12. The van der Waals surface area contributed by atoms with Gasteiger partial charge in [-0.3, -0.25) is 4.99 Å². The normalized spacial score (nSPS) is 17.4. The number of nitrogens with zero attached hydrogens (tertiary/aromatic N) is 1. The molecule has 0 unspecified atom stereocenters. The average Bonchev–Trinajstić information content (AvgIpc) is 3.11. The Morgan fingerprint density at radius 2 is 2.22 bits per heavy atom. The average molecular weight is 270 g/mol. The van der Waals surface area contributed by atoms with Gasteiger partial charge in [-0.05, 0) is 30.5 Å². The fraction of sp³-hybridized carbons (Fsp3) is 0.462. The van der Waals surface area contributed by atoms with Gasteiger partial charge in [0.05, 0.1) is 0 Å². The van der Waals surface area contributed by atoms with Crippen LogP contribution in [0.2, 0.25) is 5.02 Å². The second kappa shape index (κ2) is 5.14. The molecule has 2 N–H and O–H groups in total. The molecule has 0 atom stereocenters. The number of hydrogen-bond donors (Lipinski definition) is 2. The summed E-state index contributed by atoms with van der Waals surface area (Å²) < 4.78 is 13.1. The van der Waals surface area contributed by atoms with Crippen molar-refractivity contribution < 1.29 is 4.39 Å². The summed E-state index contributed by atoms with van der Waals surface area (Å²) in [6.07, 6.45) is 2.12. The van der Waals surface area contributed by atoms with E-state index in [0.29, 0.717) is 5.02 Å². The number of rotatable bonds is 3. The lowest BCUT2D eigenvalue weighted by Gasteiger charge is -2.19. The van der Waals surface area contributed by atoms with Crippen molar-refractivity contribution in [2.75, 3.05) is 20.6 Å². The van der Waals surface area contributed by atoms with Crippen molar-refractivity contribution in [2.45, 2.75) is 18.3 Å². The van der Waals surface area contributed by atoms with Gasteiger partial charge in [-0.2, -0.15) is 0 Å². The molecule has 0 amide bonds. The maximum Gasteiger partial charge on any atom is 0.190 e. The number of halogens is 2. The highest BCUT2D eigenvalue weighted by atomic mass is 35.5. The van der Waals surface area contributed by atoms with Crippen molar-refractivity contribution >= 4 is 17.6 Å². The molecule has 1 aliphatic rings. The predicted molar refractivity (Wildman–Crippen MR) is 72.7 cm³/mol. The molecule has 0 spiro atoms. The summed E-state index contributed by atoms with van der Waals surface area (Å²) in [5.74, 6) is 0.457. The fourth-order valence-electron chi connectivity index (χ4n) is 2.14. The molecular formula is C13H17ClFN3. The molecule has 0 aromatic heterocycles. The van der Waals surface area contributed by atoms with Crippen molar-refractivity contribution in [3.05, 3.63) is 34.6 Å². The second-order valence-corrected chi connectivity index (χ2v) is 4.99. The van der Waals surface area contributed by atoms with E-state index in [1.165, 1.54) is 12.1 Å². The lowest BCUT2D eigenvalue weighted by molar-refractivity contribution is 0.618. The second-order valence-electron chi connectivity index (χ2n) is 4.58. The lowest BCUT2D eigenvalue weighted by atomic mass is 9.96. The topological polar surface area (TPSA) is 36.4 Å². The molecule has 0 radical (unpaired) electrons. The number of guanidine groups is 1. The van der Waals surface area contributed by atoms with Gasteiger partial charge in [0.15, 0.2) is 5.96 Å². The van der Waals surface area contributed by atoms with Gasteiger partial charge in [0, 0.05) is 31.1 Å². The highest BCUT2D eigenvalue weighted by molar-refractivity contribution is 6.31. The Hall–Kier alpha value is -1.29. The SMILES string of the molecule is CN=C(NC)NCC1(c2ccc(F)cc2Cl)CC1. The summed E-state index contributed by atoms with van der Waals surface area (Å²) in [6.45, 7) is 0.756. The third-order valence-electron chi connectivity index (χ3n) is 3.41. The standard InChI is InChI=1S/C13H17ClFN3/c1-16-12(17-2)18-8-13(5-6-13)10-4-3-9(15)7-11(10)14/h3-4,7H,5-6,8H2,1-2H3,(H2,16,17,18). The van der Waals surface area contributed by atoms with Gasteiger partial charge in [-0.1, -0.05) is 17.7 Å². The molecule has 5 heteroatoms. The first-order chi connectivity index (χ1) is 8.61. The van der Waals surface area contributed by atoms with Crippen LogP contribution in [-0.2, 0) is 5.41 Å². The van der Waals surface area contributed by atoms with Crippen molar-refractivity contribution in [3.8, 4) is 0 Å². The molecule has 1 aromatic rings. The minimum atomic E-state index is -0.293. The zero-order valence-corrected chi connectivity index (χ0v) is 11.3. The monoisotopic (exact) mass is 269 g/mol. The Balaban J connectivity index is 2.12. The van der Waals surface area contributed by atoms with Gasteiger partial charge in [0.2, 0.25) is 0 Å². The maximum atomic E-state index is 13.1. The highest BCUT2D eigenvalue weighted by Crippen LogP contribution is 2.50. The van der Waals surface area contributed by atoms with Crippen molar-refractivity contribution in [1.29, 1.82) is 0 Å². The molecule has 1 aliphatic carbocycles. The van der Waals surface area contributed by atoms with E-state index in [-0.39, 0.29) is 11.2 Å². The number of benzene rings is 1. The molecule has 1 saturated carbocycles. The van der Waals surface area contributed by atoms with Crippen LogP contribution in [-0.4, -0.2) is 26.6 Å². The Morgan fingerprint density at radius 3 is 2.72 bits per heavy atom. The van der Waals surface area contributed by atoms with Crippen LogP contribution in [0.3, 0.4) is 0 Å². The fourth-order valence-corrected chi connectivity index (χ4v) is 2.51. The number of aliphatic imine (C=N–C) groups is 1. The molecular weight excluding hydrogens is 253 g/mol. The molecule has 98 valence electrons. The lowest BCUT2D eigenvalue weighted by Crippen LogP contribution is -2.39. The number of nitrogens with one attached hydrogen (secondary N) is 2. The van der Waals surface area contributed by atoms with E-state index >= 15 is 0 Å². The maximum absolute atomic E-state index is 13.1. The summed E-state index contributed by atoms with van der Waals surface area (Å²) in [4.78, 5) is 4.07. The van der Waals surface area contributed by atoms with Crippen LogP contribution in [0.25, 0.3) is 0 Å². The molecule has 1 aromatic carbocycles. The van der Waals surface area contributed by atoms with Gasteiger partial charge >= 0.3 is 0 Å². The summed E-state index contributed by atoms with van der Waals surface area (Å²) in [6, 6.07) is 4.63. The minimum absolute atomic E-state index is 0.0254. The van der Waals surface area contributed by atoms with Crippen LogP contribution in [0, 0.1) is 5.82 Å². The van der Waals surface area contributed by atoms with E-state index in [9.17, 15) is 4.39 Å². The summed E-state index contributed by atoms with van der Waals surface area (Å²) in [5.41, 5.74) is 1.04. The van der Waals surface area contributed by atoms with Gasteiger partial charge in [-0.15, -0.1) is 0 Å². The summed E-state index contributed by atoms with van der Waals surface area (Å²) in [7, 11) is 3.54. The molecule has 0 saturated heterocycles. The molecule has 3 nitrogen and oxygen atoms in total. The van der Waals surface area contributed by atoms with Crippen LogP contribution in [0.15, 0.2) is 23.2 Å². The van der Waals surface area contributed by atoms with E-state index in [1.807, 2.05) is 7.05 Å². The molecule has 2 rings (SSSR count). The first-order valence-electron chi connectivity index (χ1n) is 5.95. The smallest absolute Gasteiger partial charge is 0.190 e. The largest absolute Gasteiger partial charge is 0.359 e. The first kappa shape index (κ1) is 13.1. The Morgan fingerprint density at radius 1 is 1.50 bits per heavy atom. The van der Waals surface area contributed by atoms with Crippen LogP contribution in [0.1, 0.15) is 18.4 Å². The first-order valence-corrected chi connectivity index (χ1v) is 6.33. The molecule has 18 heavy (non-hydrogen) atoms. The summed E-state index contributed by atoms with van der Waals surface area (Å²) in [5, 5.41) is 6.73. The van der Waals surface area contributed by atoms with Crippen LogP contribution in [0.5, 0.6) is 0 Å². The van der Waals surface area contributed by atoms with Gasteiger partial charge in [0.1, 0.15) is 5.82 Å². The van der Waals surface area contributed by atoms with Gasteiger partial charge in [-0.25, -0.2) is 4.39 Å². The third kappa shape index (κ3) is 2.58. The van der Waals surface area contributed by atoms with Gasteiger partial charge in [0.25, 0.3) is 0 Å². The van der Waals surface area contributed by atoms with Gasteiger partial charge < -0.3 is 10.6 Å². The third-order valence-corrected chi connectivity index (χ3v) is 3.72. The van der Waals surface area contributed by atoms with Crippen molar-refractivity contribution in [2.24, 2.45) is 4.99 Å². The van der Waals surface area contributed by atoms with E-state index in [4.69, 9.17) is 11.6 Å². The Labute approximate surface area is 111 Å². The Bertz CT molecular complexity index is 469. The van der Waals surface area contributed by atoms with E-state index in [0.717, 1.165) is 30.9 Å². The van der Waals surface area contributed by atoms with Crippen LogP contribution >= 0.6 is 11.6 Å². The minimum Gasteiger partial charge on any atom is -0.359 e. The van der Waals surface area contributed by atoms with Crippen molar-refractivity contribution in [1.82, 2.24) is 10.6 Å². The number of hydrogen-bond acceptors (Lipinski definition) is 1. The van der Waals surface area contributed by atoms with E-state index in [2.05, 4.69) is 15.6 Å². The molecule has 1 fully saturated rings. The highest BCUT2D eigenvalue weighted by Gasteiger charge is 2.45. The van der Waals surface area contributed by atoms with Crippen LogP contribution < -0.4 is 10.6 Å². The van der Waals surface area contributed by atoms with Crippen LogP contribution in [0.4, 0.5) is 4.39 Å². The van der Waals surface area contributed by atoms with Crippen molar-refractivity contribution in [3.63, 3.8) is 0 Å². The van der Waals surface area contributed by atoms with E-state index < -0.39 is 0 Å². The quantitative estimate of drug-likeness (QED) is 0.653. The molecule has 0 bridgehead atoms. The van der Waals surface area contributed by atoms with E-state index in [1.54, 1.807) is 13.1 Å². The molecule has 0 aliphatic heterocycles. The molecule has 0 heterocycles. The zero-order chi connectivity index (χ0) is 13.2. The predicted octanol–water partition coefficient (Wildman–Crippen LogP) is 2.31. The zero-order valence-electron chi connectivity index (χ0n) is 10.6.